The van der Waals surface area contributed by atoms with Gasteiger partial charge in [0, 0.05) is 0 Å². The molecule has 24 heavy (non-hydrogen) atoms. The van der Waals surface area contributed by atoms with Gasteiger partial charge in [-0.15, -0.1) is 0 Å². The van der Waals surface area contributed by atoms with Crippen LogP contribution in [0.25, 0.3) is 11.1 Å². The molecular formula is C19H23NO4. The van der Waals surface area contributed by atoms with Crippen molar-refractivity contribution in [3.05, 3.63) is 60.2 Å². The highest BCUT2D eigenvalue weighted by Gasteiger charge is 2.41. The van der Waals surface area contributed by atoms with Crippen molar-refractivity contribution in [2.75, 3.05) is 0 Å². The fourth-order valence-corrected chi connectivity index (χ4v) is 2.47. The van der Waals surface area contributed by atoms with Gasteiger partial charge in [-0.25, -0.2) is 5.48 Å². The van der Waals surface area contributed by atoms with Crippen molar-refractivity contribution >= 4 is 5.91 Å². The average Bonchev–Trinajstić information content (AvgIpc) is 2.65. The molecule has 0 aliphatic heterocycles. The zero-order valence-corrected chi connectivity index (χ0v) is 13.9. The number of nitrogens with one attached hydrogen (secondary N) is 1. The van der Waals surface area contributed by atoms with Crippen LogP contribution in [0.5, 0.6) is 0 Å². The number of amides is 1. The molecule has 0 radical (unpaired) electrons. The van der Waals surface area contributed by atoms with E-state index in [1.807, 2.05) is 54.6 Å². The predicted octanol–water partition coefficient (Wildman–Crippen LogP) is 2.91. The Bertz CT molecular complexity index is 657. The van der Waals surface area contributed by atoms with Crippen LogP contribution in [0.4, 0.5) is 0 Å². The van der Waals surface area contributed by atoms with Crippen LogP contribution in [-0.2, 0) is 16.1 Å². The van der Waals surface area contributed by atoms with Gasteiger partial charge in [-0.3, -0.25) is 10.0 Å². The maximum atomic E-state index is 11.8. The molecule has 2 aromatic rings. The summed E-state index contributed by atoms with van der Waals surface area (Å²) in [4.78, 5) is 11.8. The number of aliphatic hydroxyl groups excluding tert-OH is 1. The summed E-state index contributed by atoms with van der Waals surface area (Å²) in [7, 11) is 0. The lowest BCUT2D eigenvalue weighted by molar-refractivity contribution is -0.172. The number of benzene rings is 2. The standard InChI is InChI=1S/C19H23NO4/c1-3-17(21)19(2,18(22)20-23)24-13-14-9-11-16(12-10-14)15-7-5-4-6-8-15/h4-12,17,21,23H,3,13H2,1-2H3,(H,20,22)/t17-,19+/m0/s1. The molecule has 0 saturated heterocycles. The molecule has 0 heterocycles. The smallest absolute Gasteiger partial charge is 0.277 e. The minimum atomic E-state index is -1.51. The Labute approximate surface area is 141 Å². The maximum absolute atomic E-state index is 11.8. The van der Waals surface area contributed by atoms with Crippen LogP contribution in [0.1, 0.15) is 25.8 Å². The van der Waals surface area contributed by atoms with Crippen molar-refractivity contribution in [1.82, 2.24) is 5.48 Å². The Morgan fingerprint density at radius 2 is 1.71 bits per heavy atom. The first-order valence-electron chi connectivity index (χ1n) is 7.92. The largest absolute Gasteiger partial charge is 0.390 e. The van der Waals surface area contributed by atoms with E-state index in [-0.39, 0.29) is 6.61 Å². The molecule has 2 rings (SSSR count). The van der Waals surface area contributed by atoms with Crippen LogP contribution < -0.4 is 5.48 Å². The Morgan fingerprint density at radius 3 is 2.25 bits per heavy atom. The second-order valence-electron chi connectivity index (χ2n) is 5.82. The van der Waals surface area contributed by atoms with E-state index in [0.717, 1.165) is 16.7 Å². The van der Waals surface area contributed by atoms with Gasteiger partial charge in [0.1, 0.15) is 0 Å². The molecule has 3 N–H and O–H groups in total. The van der Waals surface area contributed by atoms with Gasteiger partial charge >= 0.3 is 0 Å². The zero-order chi connectivity index (χ0) is 17.6. The van der Waals surface area contributed by atoms with E-state index in [9.17, 15) is 9.90 Å². The van der Waals surface area contributed by atoms with Crippen LogP contribution >= 0.6 is 0 Å². The molecule has 0 bridgehead atoms. The van der Waals surface area contributed by atoms with E-state index in [2.05, 4.69) is 0 Å². The third kappa shape index (κ3) is 4.00. The number of ether oxygens (including phenoxy) is 1. The van der Waals surface area contributed by atoms with Crippen molar-refractivity contribution in [3.8, 4) is 11.1 Å². The van der Waals surface area contributed by atoms with Crippen molar-refractivity contribution in [2.24, 2.45) is 0 Å². The SMILES string of the molecule is CC[C@H](O)[C@@](C)(OCc1ccc(-c2ccccc2)cc1)C(=O)NO. The monoisotopic (exact) mass is 329 g/mol. The molecule has 0 aromatic heterocycles. The first kappa shape index (κ1) is 18.1. The number of carbonyl (C=O) groups is 1. The summed E-state index contributed by atoms with van der Waals surface area (Å²) >= 11 is 0. The van der Waals surface area contributed by atoms with Crippen LogP contribution in [0.3, 0.4) is 0 Å². The second-order valence-corrected chi connectivity index (χ2v) is 5.82. The Morgan fingerprint density at radius 1 is 1.12 bits per heavy atom. The number of hydrogen-bond acceptors (Lipinski definition) is 4. The molecule has 2 aromatic carbocycles. The van der Waals surface area contributed by atoms with Gasteiger partial charge in [0.15, 0.2) is 5.60 Å². The van der Waals surface area contributed by atoms with Crippen molar-refractivity contribution < 1.29 is 19.8 Å². The quantitative estimate of drug-likeness (QED) is 0.539. The van der Waals surface area contributed by atoms with Crippen LogP contribution in [0.15, 0.2) is 54.6 Å². The zero-order valence-electron chi connectivity index (χ0n) is 13.9. The molecule has 0 aliphatic carbocycles. The Kier molecular flexibility index (Phi) is 6.09. The van der Waals surface area contributed by atoms with E-state index < -0.39 is 17.6 Å². The molecule has 5 nitrogen and oxygen atoms in total. The van der Waals surface area contributed by atoms with Gasteiger partial charge in [0.05, 0.1) is 12.7 Å². The van der Waals surface area contributed by atoms with E-state index in [4.69, 9.17) is 9.94 Å². The molecular weight excluding hydrogens is 306 g/mol. The van der Waals surface area contributed by atoms with Gasteiger partial charge < -0.3 is 9.84 Å². The molecule has 0 saturated carbocycles. The molecule has 0 fully saturated rings. The van der Waals surface area contributed by atoms with Gasteiger partial charge in [-0.2, -0.15) is 0 Å². The Balaban J connectivity index is 2.09. The maximum Gasteiger partial charge on any atom is 0.277 e. The molecule has 1 amide bonds. The normalized spacial score (nSPS) is 14.7. The minimum absolute atomic E-state index is 0.149. The van der Waals surface area contributed by atoms with Crippen LogP contribution in [-0.4, -0.2) is 27.9 Å². The Hall–Kier alpha value is -2.21. The number of carbonyl (C=O) groups excluding carboxylic acids is 1. The second kappa shape index (κ2) is 8.06. The first-order valence-corrected chi connectivity index (χ1v) is 7.92. The van der Waals surface area contributed by atoms with E-state index in [1.165, 1.54) is 6.92 Å². The van der Waals surface area contributed by atoms with Crippen molar-refractivity contribution in [3.63, 3.8) is 0 Å². The summed E-state index contributed by atoms with van der Waals surface area (Å²) in [6.45, 7) is 3.35. The van der Waals surface area contributed by atoms with Gasteiger partial charge in [0.25, 0.3) is 5.91 Å². The highest BCUT2D eigenvalue weighted by atomic mass is 16.5. The third-order valence-electron chi connectivity index (χ3n) is 4.17. The minimum Gasteiger partial charge on any atom is -0.390 e. The van der Waals surface area contributed by atoms with Crippen LogP contribution in [0, 0.1) is 0 Å². The van der Waals surface area contributed by atoms with E-state index in [1.54, 1.807) is 12.4 Å². The highest BCUT2D eigenvalue weighted by molar-refractivity contribution is 5.84. The number of hydrogen-bond donors (Lipinski definition) is 3. The van der Waals surface area contributed by atoms with Gasteiger partial charge in [-0.1, -0.05) is 61.5 Å². The van der Waals surface area contributed by atoms with E-state index >= 15 is 0 Å². The van der Waals surface area contributed by atoms with Crippen LogP contribution in [0.2, 0.25) is 0 Å². The lowest BCUT2D eigenvalue weighted by Gasteiger charge is -2.31. The molecule has 0 aliphatic rings. The summed E-state index contributed by atoms with van der Waals surface area (Å²) in [6, 6.07) is 17.8. The summed E-state index contributed by atoms with van der Waals surface area (Å²) < 4.78 is 5.64. The molecule has 128 valence electrons. The number of aliphatic hydroxyl groups is 1. The number of rotatable bonds is 7. The lowest BCUT2D eigenvalue weighted by Crippen LogP contribution is -2.53. The summed E-state index contributed by atoms with van der Waals surface area (Å²) in [5.41, 5.74) is 3.13. The average molecular weight is 329 g/mol. The van der Waals surface area contributed by atoms with Crippen molar-refractivity contribution in [1.29, 1.82) is 0 Å². The van der Waals surface area contributed by atoms with Gasteiger partial charge in [0.2, 0.25) is 0 Å². The van der Waals surface area contributed by atoms with E-state index in [0.29, 0.717) is 6.42 Å². The van der Waals surface area contributed by atoms with Crippen molar-refractivity contribution in [2.45, 2.75) is 38.6 Å². The molecule has 0 unspecified atom stereocenters. The first-order chi connectivity index (χ1) is 11.5. The summed E-state index contributed by atoms with van der Waals surface area (Å²) in [5.74, 6) is -0.766. The topological polar surface area (TPSA) is 78.8 Å². The predicted molar refractivity (Wildman–Crippen MR) is 91.3 cm³/mol. The number of hydroxylamine groups is 1. The van der Waals surface area contributed by atoms with Gasteiger partial charge in [-0.05, 0) is 30.0 Å². The molecule has 0 spiro atoms. The highest BCUT2D eigenvalue weighted by Crippen LogP contribution is 2.23. The summed E-state index contributed by atoms with van der Waals surface area (Å²) in [6.07, 6.45) is -0.690. The summed E-state index contributed by atoms with van der Waals surface area (Å²) in [5, 5.41) is 18.9. The fraction of sp³-hybridized carbons (Fsp3) is 0.316. The third-order valence-corrected chi connectivity index (χ3v) is 4.17. The molecule has 2 atom stereocenters. The lowest BCUT2D eigenvalue weighted by atomic mass is 9.95. The molecule has 5 heteroatoms. The fourth-order valence-electron chi connectivity index (χ4n) is 2.47.